The van der Waals surface area contributed by atoms with Crippen LogP contribution >= 0.6 is 11.6 Å². The maximum absolute atomic E-state index is 12.2. The maximum atomic E-state index is 12.2. The van der Waals surface area contributed by atoms with Gasteiger partial charge in [-0.15, -0.1) is 0 Å². The second-order valence-electron chi connectivity index (χ2n) is 4.35. The number of carbonyl (C=O) groups excluding carboxylic acids is 1. The number of rotatable bonds is 2. The first kappa shape index (κ1) is 11.9. The van der Waals surface area contributed by atoms with Crippen LogP contribution in [-0.2, 0) is 0 Å². The summed E-state index contributed by atoms with van der Waals surface area (Å²) < 4.78 is 5.56. The van der Waals surface area contributed by atoms with E-state index in [1.54, 1.807) is 18.2 Å². The Morgan fingerprint density at radius 1 is 1.21 bits per heavy atom. The fourth-order valence-corrected chi connectivity index (χ4v) is 2.04. The molecule has 1 aromatic carbocycles. The van der Waals surface area contributed by atoms with Crippen molar-refractivity contribution < 1.29 is 9.21 Å². The summed E-state index contributed by atoms with van der Waals surface area (Å²) in [6, 6.07) is 10.8. The first-order valence-corrected chi connectivity index (χ1v) is 6.18. The van der Waals surface area contributed by atoms with Gasteiger partial charge in [0.15, 0.2) is 5.76 Å². The Balaban J connectivity index is 2.04. The summed E-state index contributed by atoms with van der Waals surface area (Å²) in [6.07, 6.45) is 1.45. The largest absolute Gasteiger partial charge is 0.453 e. The van der Waals surface area contributed by atoms with E-state index in [2.05, 4.69) is 4.98 Å². The summed E-state index contributed by atoms with van der Waals surface area (Å²) in [5.41, 5.74) is 2.29. The van der Waals surface area contributed by atoms with Gasteiger partial charge in [-0.1, -0.05) is 23.2 Å². The third kappa shape index (κ3) is 2.25. The average Bonchev–Trinajstić information content (AvgIpc) is 2.81. The van der Waals surface area contributed by atoms with Gasteiger partial charge in [-0.25, -0.2) is 4.98 Å². The number of hydrogen-bond donors (Lipinski definition) is 0. The monoisotopic (exact) mass is 271 g/mol. The Bertz CT molecular complexity index is 759. The van der Waals surface area contributed by atoms with E-state index in [-0.39, 0.29) is 5.78 Å². The number of pyridine rings is 1. The van der Waals surface area contributed by atoms with E-state index in [0.29, 0.717) is 22.1 Å². The lowest BCUT2D eigenvalue weighted by atomic mass is 10.1. The molecule has 0 saturated carbocycles. The zero-order chi connectivity index (χ0) is 13.4. The van der Waals surface area contributed by atoms with Crippen molar-refractivity contribution in [3.8, 4) is 0 Å². The van der Waals surface area contributed by atoms with Crippen molar-refractivity contribution in [2.24, 2.45) is 0 Å². The smallest absolute Gasteiger partial charge is 0.229 e. The topological polar surface area (TPSA) is 43.1 Å². The minimum Gasteiger partial charge on any atom is -0.453 e. The van der Waals surface area contributed by atoms with E-state index in [1.165, 1.54) is 6.20 Å². The SMILES string of the molecule is Cc1ccc2oc(C(=O)c3ccc(Cl)nc3)cc2c1. The zero-order valence-corrected chi connectivity index (χ0v) is 10.9. The molecular weight excluding hydrogens is 262 g/mol. The maximum Gasteiger partial charge on any atom is 0.229 e. The molecule has 0 radical (unpaired) electrons. The summed E-state index contributed by atoms with van der Waals surface area (Å²) in [6.45, 7) is 2.00. The van der Waals surface area contributed by atoms with Crippen molar-refractivity contribution in [2.45, 2.75) is 6.92 Å². The van der Waals surface area contributed by atoms with Crippen molar-refractivity contribution in [1.29, 1.82) is 0 Å². The molecule has 0 fully saturated rings. The van der Waals surface area contributed by atoms with Gasteiger partial charge in [0, 0.05) is 17.1 Å². The van der Waals surface area contributed by atoms with Crippen LogP contribution in [0.2, 0.25) is 5.15 Å². The summed E-state index contributed by atoms with van der Waals surface area (Å²) in [4.78, 5) is 16.1. The molecule has 0 bridgehead atoms. The van der Waals surface area contributed by atoms with Crippen molar-refractivity contribution in [2.75, 3.05) is 0 Å². The number of fused-ring (bicyclic) bond motifs is 1. The highest BCUT2D eigenvalue weighted by Gasteiger charge is 2.14. The van der Waals surface area contributed by atoms with E-state index >= 15 is 0 Å². The lowest BCUT2D eigenvalue weighted by Crippen LogP contribution is -1.99. The number of aromatic nitrogens is 1. The molecule has 3 nitrogen and oxygen atoms in total. The molecule has 4 heteroatoms. The number of nitrogens with zero attached hydrogens (tertiary/aromatic N) is 1. The number of carbonyl (C=O) groups is 1. The van der Waals surface area contributed by atoms with E-state index in [0.717, 1.165) is 10.9 Å². The molecule has 0 unspecified atom stereocenters. The molecular formula is C15H10ClNO2. The van der Waals surface area contributed by atoms with Crippen LogP contribution in [0.15, 0.2) is 47.0 Å². The molecule has 2 aromatic heterocycles. The van der Waals surface area contributed by atoms with Gasteiger partial charge in [-0.05, 0) is 37.3 Å². The quantitative estimate of drug-likeness (QED) is 0.522. The van der Waals surface area contributed by atoms with Crippen LogP contribution < -0.4 is 0 Å². The molecule has 19 heavy (non-hydrogen) atoms. The van der Waals surface area contributed by atoms with E-state index in [9.17, 15) is 4.79 Å². The highest BCUT2D eigenvalue weighted by Crippen LogP contribution is 2.22. The highest BCUT2D eigenvalue weighted by molar-refractivity contribution is 6.29. The van der Waals surface area contributed by atoms with E-state index in [4.69, 9.17) is 16.0 Å². The van der Waals surface area contributed by atoms with Crippen molar-refractivity contribution in [1.82, 2.24) is 4.98 Å². The van der Waals surface area contributed by atoms with Crippen LogP contribution in [0.3, 0.4) is 0 Å². The standard InChI is InChI=1S/C15H10ClNO2/c1-9-2-4-12-11(6-9)7-13(19-12)15(18)10-3-5-14(16)17-8-10/h2-8H,1H3. The fourth-order valence-electron chi connectivity index (χ4n) is 1.93. The Morgan fingerprint density at radius 3 is 2.79 bits per heavy atom. The van der Waals surface area contributed by atoms with Crippen molar-refractivity contribution in [3.05, 3.63) is 64.6 Å². The summed E-state index contributed by atoms with van der Waals surface area (Å²) in [7, 11) is 0. The molecule has 94 valence electrons. The molecule has 0 aliphatic carbocycles. The first-order valence-electron chi connectivity index (χ1n) is 5.80. The van der Waals surface area contributed by atoms with Gasteiger partial charge < -0.3 is 4.42 Å². The fraction of sp³-hybridized carbons (Fsp3) is 0.0667. The van der Waals surface area contributed by atoms with Gasteiger partial charge in [-0.3, -0.25) is 4.79 Å². The Hall–Kier alpha value is -2.13. The number of furan rings is 1. The molecule has 0 spiro atoms. The predicted octanol–water partition coefficient (Wildman–Crippen LogP) is 4.02. The number of aryl methyl sites for hydroxylation is 1. The first-order chi connectivity index (χ1) is 9.13. The van der Waals surface area contributed by atoms with Crippen LogP contribution in [-0.4, -0.2) is 10.8 Å². The zero-order valence-electron chi connectivity index (χ0n) is 10.2. The van der Waals surface area contributed by atoms with Gasteiger partial charge in [0.1, 0.15) is 10.7 Å². The molecule has 0 saturated heterocycles. The number of ketones is 1. The van der Waals surface area contributed by atoms with Crippen molar-refractivity contribution in [3.63, 3.8) is 0 Å². The molecule has 3 aromatic rings. The van der Waals surface area contributed by atoms with Crippen LogP contribution in [0.1, 0.15) is 21.7 Å². The van der Waals surface area contributed by atoms with E-state index < -0.39 is 0 Å². The third-order valence-corrected chi connectivity index (χ3v) is 3.11. The summed E-state index contributed by atoms with van der Waals surface area (Å²) >= 11 is 5.70. The van der Waals surface area contributed by atoms with Gasteiger partial charge in [-0.2, -0.15) is 0 Å². The number of halogens is 1. The van der Waals surface area contributed by atoms with Crippen LogP contribution in [0.4, 0.5) is 0 Å². The molecule has 0 amide bonds. The Kier molecular flexibility index (Phi) is 2.84. The third-order valence-electron chi connectivity index (χ3n) is 2.89. The lowest BCUT2D eigenvalue weighted by molar-refractivity contribution is 0.101. The minimum atomic E-state index is -0.196. The van der Waals surface area contributed by atoms with Crippen LogP contribution in [0, 0.1) is 6.92 Å². The van der Waals surface area contributed by atoms with Gasteiger partial charge in [0.05, 0.1) is 0 Å². The highest BCUT2D eigenvalue weighted by atomic mass is 35.5. The lowest BCUT2D eigenvalue weighted by Gasteiger charge is -1.96. The molecule has 0 aliphatic rings. The molecule has 3 rings (SSSR count). The van der Waals surface area contributed by atoms with Gasteiger partial charge in [0.2, 0.25) is 5.78 Å². The predicted molar refractivity (Wildman–Crippen MR) is 73.6 cm³/mol. The number of hydrogen-bond acceptors (Lipinski definition) is 3. The Labute approximate surface area is 114 Å². The molecule has 0 aliphatic heterocycles. The summed E-state index contributed by atoms with van der Waals surface area (Å²) in [5, 5.41) is 1.28. The molecule has 0 N–H and O–H groups in total. The van der Waals surface area contributed by atoms with Crippen LogP contribution in [0.25, 0.3) is 11.0 Å². The minimum absolute atomic E-state index is 0.196. The van der Waals surface area contributed by atoms with Crippen molar-refractivity contribution >= 4 is 28.4 Å². The number of benzene rings is 1. The van der Waals surface area contributed by atoms with Gasteiger partial charge in [0.25, 0.3) is 0 Å². The van der Waals surface area contributed by atoms with Crippen LogP contribution in [0.5, 0.6) is 0 Å². The normalized spacial score (nSPS) is 10.8. The second kappa shape index (κ2) is 4.52. The molecule has 0 atom stereocenters. The molecule has 2 heterocycles. The summed E-state index contributed by atoms with van der Waals surface area (Å²) in [5.74, 6) is 0.114. The second-order valence-corrected chi connectivity index (χ2v) is 4.74. The Morgan fingerprint density at radius 2 is 2.05 bits per heavy atom. The van der Waals surface area contributed by atoms with E-state index in [1.807, 2.05) is 25.1 Å². The van der Waals surface area contributed by atoms with Gasteiger partial charge >= 0.3 is 0 Å². The average molecular weight is 272 g/mol.